The van der Waals surface area contributed by atoms with Gasteiger partial charge in [0.05, 0.1) is 28.8 Å². The minimum Gasteiger partial charge on any atom is -0.367 e. The molecule has 0 spiro atoms. The van der Waals surface area contributed by atoms with Crippen molar-refractivity contribution in [1.29, 1.82) is 0 Å². The van der Waals surface area contributed by atoms with Gasteiger partial charge in [-0.1, -0.05) is 0 Å². The average Bonchev–Trinajstić information content (AvgIpc) is 2.60. The first kappa shape index (κ1) is 15.3. The number of aryl methyl sites for hydroxylation is 2. The Bertz CT molecular complexity index is 525. The van der Waals surface area contributed by atoms with E-state index in [1.54, 1.807) is 4.68 Å². The van der Waals surface area contributed by atoms with Crippen LogP contribution < -0.4 is 0 Å². The number of hydrogen-bond donors (Lipinski definition) is 0. The molecule has 6 heteroatoms. The molecular weight excluding hydrogens is 278 g/mol. The number of carbonyl (C=O) groups is 1. The van der Waals surface area contributed by atoms with Crippen molar-refractivity contribution in [3.63, 3.8) is 0 Å². The van der Waals surface area contributed by atoms with Crippen molar-refractivity contribution in [2.45, 2.75) is 39.4 Å². The third-order valence-electron chi connectivity index (χ3n) is 3.66. The first-order chi connectivity index (χ1) is 9.25. The number of hydrogen-bond acceptors (Lipinski definition) is 3. The summed E-state index contributed by atoms with van der Waals surface area (Å²) < 4.78 is 7.60. The zero-order valence-corrected chi connectivity index (χ0v) is 13.5. The lowest BCUT2D eigenvalue weighted by Crippen LogP contribution is -2.55. The van der Waals surface area contributed by atoms with E-state index < -0.39 is 0 Å². The topological polar surface area (TPSA) is 47.4 Å². The monoisotopic (exact) mass is 299 g/mol. The summed E-state index contributed by atoms with van der Waals surface area (Å²) in [5.74, 6) is 0.401. The summed E-state index contributed by atoms with van der Waals surface area (Å²) in [6.07, 6.45) is -0.123. The Labute approximate surface area is 124 Å². The molecule has 1 atom stereocenters. The quantitative estimate of drug-likeness (QED) is 0.784. The molecule has 0 N–H and O–H groups in total. The molecule has 0 bridgehead atoms. The first-order valence-electron chi connectivity index (χ1n) is 6.78. The molecule has 0 saturated carbocycles. The van der Waals surface area contributed by atoms with Gasteiger partial charge in [0.2, 0.25) is 0 Å². The summed E-state index contributed by atoms with van der Waals surface area (Å²) in [4.78, 5) is 14.6. The molecule has 1 unspecified atom stereocenters. The van der Waals surface area contributed by atoms with Gasteiger partial charge in [-0.05, 0) is 27.7 Å². The molecule has 1 aromatic rings. The standard InChI is InChI=1S/C14H22ClN3O2/c1-9-12(10(2)17(5)16-9)13(19)18-7-11(6-15)20-14(3,4)8-18/h11H,6-8H2,1-5H3. The number of ether oxygens (including phenoxy) is 1. The Morgan fingerprint density at radius 2 is 2.15 bits per heavy atom. The third-order valence-corrected chi connectivity index (χ3v) is 4.01. The van der Waals surface area contributed by atoms with Gasteiger partial charge in [0, 0.05) is 25.8 Å². The lowest BCUT2D eigenvalue weighted by Gasteiger charge is -2.42. The second-order valence-electron chi connectivity index (χ2n) is 6.01. The van der Waals surface area contributed by atoms with E-state index in [0.717, 1.165) is 11.4 Å². The van der Waals surface area contributed by atoms with Gasteiger partial charge in [0.1, 0.15) is 0 Å². The van der Waals surface area contributed by atoms with Crippen molar-refractivity contribution >= 4 is 17.5 Å². The summed E-state index contributed by atoms with van der Waals surface area (Å²) in [5, 5.41) is 4.31. The van der Waals surface area contributed by atoms with Crippen LogP contribution in [-0.4, -0.2) is 51.3 Å². The molecule has 20 heavy (non-hydrogen) atoms. The van der Waals surface area contributed by atoms with Gasteiger partial charge < -0.3 is 9.64 Å². The largest absolute Gasteiger partial charge is 0.367 e. The minimum absolute atomic E-state index is 0.0135. The smallest absolute Gasteiger partial charge is 0.257 e. The molecule has 0 radical (unpaired) electrons. The summed E-state index contributed by atoms with van der Waals surface area (Å²) in [6, 6.07) is 0. The van der Waals surface area contributed by atoms with Gasteiger partial charge >= 0.3 is 0 Å². The molecule has 2 rings (SSSR count). The van der Waals surface area contributed by atoms with Crippen molar-refractivity contribution < 1.29 is 9.53 Å². The Kier molecular flexibility index (Phi) is 4.12. The zero-order chi connectivity index (χ0) is 15.1. The fraction of sp³-hybridized carbons (Fsp3) is 0.714. The van der Waals surface area contributed by atoms with Crippen molar-refractivity contribution in [2.75, 3.05) is 19.0 Å². The second kappa shape index (κ2) is 5.37. The van der Waals surface area contributed by atoms with Crippen LogP contribution in [0.4, 0.5) is 0 Å². The number of morpholine rings is 1. The van der Waals surface area contributed by atoms with Crippen LogP contribution >= 0.6 is 11.6 Å². The zero-order valence-electron chi connectivity index (χ0n) is 12.7. The Balaban J connectivity index is 2.28. The first-order valence-corrected chi connectivity index (χ1v) is 7.32. The highest BCUT2D eigenvalue weighted by Gasteiger charge is 2.36. The van der Waals surface area contributed by atoms with Crippen molar-refractivity contribution in [1.82, 2.24) is 14.7 Å². The molecule has 1 aliphatic rings. The van der Waals surface area contributed by atoms with E-state index in [9.17, 15) is 4.79 Å². The predicted molar refractivity (Wildman–Crippen MR) is 78.3 cm³/mol. The molecular formula is C14H22ClN3O2. The maximum absolute atomic E-state index is 12.8. The number of rotatable bonds is 2. The normalized spacial score (nSPS) is 22.1. The number of aromatic nitrogens is 2. The molecule has 1 amide bonds. The lowest BCUT2D eigenvalue weighted by atomic mass is 10.0. The van der Waals surface area contributed by atoms with Crippen LogP contribution in [0.15, 0.2) is 0 Å². The van der Waals surface area contributed by atoms with Gasteiger partial charge in [-0.15, -0.1) is 11.6 Å². The highest BCUT2D eigenvalue weighted by Crippen LogP contribution is 2.24. The number of alkyl halides is 1. The van der Waals surface area contributed by atoms with E-state index in [0.29, 0.717) is 24.5 Å². The summed E-state index contributed by atoms with van der Waals surface area (Å²) in [5.41, 5.74) is 1.97. The Morgan fingerprint density at radius 1 is 1.50 bits per heavy atom. The molecule has 5 nitrogen and oxygen atoms in total. The molecule has 2 heterocycles. The van der Waals surface area contributed by atoms with Gasteiger partial charge in [-0.25, -0.2) is 0 Å². The van der Waals surface area contributed by atoms with Gasteiger partial charge in [0.25, 0.3) is 5.91 Å². The van der Waals surface area contributed by atoms with Crippen LogP contribution in [0, 0.1) is 13.8 Å². The fourth-order valence-corrected chi connectivity index (χ4v) is 2.93. The summed E-state index contributed by atoms with van der Waals surface area (Å²) in [7, 11) is 1.85. The van der Waals surface area contributed by atoms with E-state index in [-0.39, 0.29) is 17.6 Å². The number of carbonyl (C=O) groups excluding carboxylic acids is 1. The van der Waals surface area contributed by atoms with Crippen molar-refractivity contribution in [2.24, 2.45) is 7.05 Å². The molecule has 1 aliphatic heterocycles. The third kappa shape index (κ3) is 2.83. The highest BCUT2D eigenvalue weighted by molar-refractivity contribution is 6.18. The van der Waals surface area contributed by atoms with Crippen LogP contribution in [0.2, 0.25) is 0 Å². The molecule has 1 saturated heterocycles. The number of nitrogens with zero attached hydrogens (tertiary/aromatic N) is 3. The van der Waals surface area contributed by atoms with Crippen molar-refractivity contribution in [3.05, 3.63) is 17.0 Å². The van der Waals surface area contributed by atoms with E-state index in [1.807, 2.05) is 39.6 Å². The van der Waals surface area contributed by atoms with Crippen molar-refractivity contribution in [3.8, 4) is 0 Å². The van der Waals surface area contributed by atoms with Crippen LogP contribution in [0.25, 0.3) is 0 Å². The Hall–Kier alpha value is -1.07. The van der Waals surface area contributed by atoms with E-state index in [1.165, 1.54) is 0 Å². The molecule has 112 valence electrons. The highest BCUT2D eigenvalue weighted by atomic mass is 35.5. The molecule has 0 aromatic carbocycles. The van der Waals surface area contributed by atoms with Gasteiger partial charge in [-0.3, -0.25) is 9.48 Å². The van der Waals surface area contributed by atoms with Crippen LogP contribution in [0.5, 0.6) is 0 Å². The van der Waals surface area contributed by atoms with Crippen LogP contribution in [-0.2, 0) is 11.8 Å². The Morgan fingerprint density at radius 3 is 2.65 bits per heavy atom. The number of halogens is 1. The van der Waals surface area contributed by atoms with Gasteiger partial charge in [-0.2, -0.15) is 5.10 Å². The molecule has 1 aromatic heterocycles. The second-order valence-corrected chi connectivity index (χ2v) is 6.32. The average molecular weight is 300 g/mol. The summed E-state index contributed by atoms with van der Waals surface area (Å²) >= 11 is 5.91. The predicted octanol–water partition coefficient (Wildman–Crippen LogP) is 1.90. The van der Waals surface area contributed by atoms with E-state index in [2.05, 4.69) is 5.10 Å². The maximum atomic E-state index is 12.8. The molecule has 1 fully saturated rings. The lowest BCUT2D eigenvalue weighted by molar-refractivity contribution is -0.117. The fourth-order valence-electron chi connectivity index (χ4n) is 2.77. The SMILES string of the molecule is Cc1nn(C)c(C)c1C(=O)N1CC(CCl)OC(C)(C)C1. The van der Waals surface area contributed by atoms with Crippen LogP contribution in [0.3, 0.4) is 0 Å². The summed E-state index contributed by atoms with van der Waals surface area (Å²) in [6.45, 7) is 8.83. The number of amides is 1. The van der Waals surface area contributed by atoms with E-state index in [4.69, 9.17) is 16.3 Å². The molecule has 0 aliphatic carbocycles. The van der Waals surface area contributed by atoms with Gasteiger partial charge in [0.15, 0.2) is 0 Å². The van der Waals surface area contributed by atoms with Crippen LogP contribution in [0.1, 0.15) is 35.6 Å². The minimum atomic E-state index is -0.377. The van der Waals surface area contributed by atoms with E-state index >= 15 is 0 Å². The maximum Gasteiger partial charge on any atom is 0.257 e.